The monoisotopic (exact) mass is 255 g/mol. The molecule has 0 aromatic carbocycles. The van der Waals surface area contributed by atoms with E-state index in [1.165, 1.54) is 0 Å². The molecule has 0 fully saturated rings. The maximum absolute atomic E-state index is 11.7. The smallest absolute Gasteiger partial charge is 0.225 e. The van der Waals surface area contributed by atoms with Crippen molar-refractivity contribution in [3.63, 3.8) is 0 Å². The molecule has 2 N–H and O–H groups in total. The minimum absolute atomic E-state index is 0.0260. The van der Waals surface area contributed by atoms with E-state index >= 15 is 0 Å². The van der Waals surface area contributed by atoms with Crippen LogP contribution in [-0.2, 0) is 4.79 Å². The largest absolute Gasteiger partial charge is 0.325 e. The Balaban J connectivity index is 2.53. The van der Waals surface area contributed by atoms with Crippen LogP contribution in [-0.4, -0.2) is 23.5 Å². The average molecular weight is 256 g/mol. The van der Waals surface area contributed by atoms with E-state index in [9.17, 15) is 4.79 Å². The summed E-state index contributed by atoms with van der Waals surface area (Å²) in [5.74, 6) is -0.0260. The molecule has 1 heterocycles. The summed E-state index contributed by atoms with van der Waals surface area (Å²) in [6.07, 6.45) is 2.00. The third kappa shape index (κ3) is 4.71. The molecule has 1 amide bonds. The normalized spacial score (nSPS) is 12.2. The molecule has 0 aliphatic carbocycles. The van der Waals surface area contributed by atoms with Crippen molar-refractivity contribution in [2.75, 3.05) is 11.9 Å². The van der Waals surface area contributed by atoms with Gasteiger partial charge in [0.15, 0.2) is 0 Å². The van der Waals surface area contributed by atoms with Crippen molar-refractivity contribution in [2.24, 2.45) is 0 Å². The zero-order valence-electron chi connectivity index (χ0n) is 10.4. The van der Waals surface area contributed by atoms with E-state index in [-0.39, 0.29) is 11.9 Å². The van der Waals surface area contributed by atoms with Crippen LogP contribution in [0.2, 0.25) is 5.15 Å². The fraction of sp³-hybridized carbons (Fsp3) is 0.500. The van der Waals surface area contributed by atoms with Gasteiger partial charge in [0, 0.05) is 12.5 Å². The van der Waals surface area contributed by atoms with Gasteiger partial charge in [0.1, 0.15) is 5.15 Å². The molecule has 4 nitrogen and oxygen atoms in total. The van der Waals surface area contributed by atoms with E-state index in [0.29, 0.717) is 17.3 Å². The van der Waals surface area contributed by atoms with Gasteiger partial charge in [0.25, 0.3) is 0 Å². The van der Waals surface area contributed by atoms with Gasteiger partial charge < -0.3 is 10.6 Å². The summed E-state index contributed by atoms with van der Waals surface area (Å²) in [5, 5.41) is 6.45. The molecule has 1 aromatic heterocycles. The van der Waals surface area contributed by atoms with Gasteiger partial charge in [-0.25, -0.2) is 4.98 Å². The van der Waals surface area contributed by atoms with E-state index in [0.717, 1.165) is 12.1 Å². The van der Waals surface area contributed by atoms with Crippen molar-refractivity contribution in [1.29, 1.82) is 0 Å². The molecule has 0 spiro atoms. The van der Waals surface area contributed by atoms with Gasteiger partial charge in [-0.05, 0) is 32.0 Å². The summed E-state index contributed by atoms with van der Waals surface area (Å²) in [6, 6.07) is 1.98. The molecule has 94 valence electrons. The first-order valence-corrected chi connectivity index (χ1v) is 6.06. The molecule has 1 unspecified atom stereocenters. The van der Waals surface area contributed by atoms with Crippen LogP contribution in [0.25, 0.3) is 0 Å². The Bertz CT molecular complexity index is 395. The maximum Gasteiger partial charge on any atom is 0.225 e. The third-order valence-electron chi connectivity index (χ3n) is 2.34. The highest BCUT2D eigenvalue weighted by molar-refractivity contribution is 6.30. The number of anilines is 1. The zero-order valence-corrected chi connectivity index (χ0v) is 11.1. The van der Waals surface area contributed by atoms with Crippen molar-refractivity contribution in [3.05, 3.63) is 23.0 Å². The van der Waals surface area contributed by atoms with Gasteiger partial charge in [0.05, 0.1) is 11.9 Å². The van der Waals surface area contributed by atoms with Crippen LogP contribution in [0.4, 0.5) is 5.69 Å². The quantitative estimate of drug-likeness (QED) is 0.795. The van der Waals surface area contributed by atoms with Crippen LogP contribution in [0.1, 0.15) is 25.8 Å². The molecule has 0 aliphatic rings. The minimum Gasteiger partial charge on any atom is -0.325 e. The van der Waals surface area contributed by atoms with Crippen LogP contribution < -0.4 is 10.6 Å². The van der Waals surface area contributed by atoms with E-state index < -0.39 is 0 Å². The molecule has 0 aliphatic heterocycles. The first-order chi connectivity index (χ1) is 8.02. The van der Waals surface area contributed by atoms with Crippen LogP contribution >= 0.6 is 11.6 Å². The Morgan fingerprint density at radius 1 is 1.59 bits per heavy atom. The van der Waals surface area contributed by atoms with Gasteiger partial charge in [-0.15, -0.1) is 0 Å². The lowest BCUT2D eigenvalue weighted by Crippen LogP contribution is -2.30. The van der Waals surface area contributed by atoms with E-state index in [4.69, 9.17) is 11.6 Å². The van der Waals surface area contributed by atoms with Crippen molar-refractivity contribution in [2.45, 2.75) is 33.2 Å². The van der Waals surface area contributed by atoms with Crippen LogP contribution in [0.15, 0.2) is 12.3 Å². The number of carbonyl (C=O) groups excluding carboxylic acids is 1. The number of carbonyl (C=O) groups is 1. The standard InChI is InChI=1S/C12H18ClN3O/c1-4-14-9(3)6-11(17)16-10-5-8(2)12(13)15-7-10/h5,7,9,14H,4,6H2,1-3H3,(H,16,17). The molecule has 0 bridgehead atoms. The molecular weight excluding hydrogens is 238 g/mol. The molecule has 0 radical (unpaired) electrons. The molecular formula is C12H18ClN3O. The summed E-state index contributed by atoms with van der Waals surface area (Å²) < 4.78 is 0. The summed E-state index contributed by atoms with van der Waals surface area (Å²) in [5.41, 5.74) is 1.53. The number of hydrogen-bond acceptors (Lipinski definition) is 3. The Kier molecular flexibility index (Phi) is 5.38. The molecule has 1 atom stereocenters. The van der Waals surface area contributed by atoms with Crippen LogP contribution in [0.3, 0.4) is 0 Å². The molecule has 1 rings (SSSR count). The number of nitrogens with zero attached hydrogens (tertiary/aromatic N) is 1. The van der Waals surface area contributed by atoms with Crippen LogP contribution in [0.5, 0.6) is 0 Å². The predicted octanol–water partition coefficient (Wildman–Crippen LogP) is 2.37. The summed E-state index contributed by atoms with van der Waals surface area (Å²) in [7, 11) is 0. The lowest BCUT2D eigenvalue weighted by Gasteiger charge is -2.12. The minimum atomic E-state index is -0.0260. The van der Waals surface area contributed by atoms with Gasteiger partial charge in [-0.2, -0.15) is 0 Å². The molecule has 1 aromatic rings. The Hall–Kier alpha value is -1.13. The van der Waals surface area contributed by atoms with Crippen LogP contribution in [0, 0.1) is 6.92 Å². The first-order valence-electron chi connectivity index (χ1n) is 5.68. The fourth-order valence-corrected chi connectivity index (χ4v) is 1.64. The molecule has 0 saturated carbocycles. The highest BCUT2D eigenvalue weighted by Gasteiger charge is 2.08. The lowest BCUT2D eigenvalue weighted by molar-refractivity contribution is -0.116. The van der Waals surface area contributed by atoms with Gasteiger partial charge >= 0.3 is 0 Å². The summed E-state index contributed by atoms with van der Waals surface area (Å²) in [4.78, 5) is 15.7. The fourth-order valence-electron chi connectivity index (χ4n) is 1.54. The number of nitrogens with one attached hydrogen (secondary N) is 2. The maximum atomic E-state index is 11.7. The number of aromatic nitrogens is 1. The van der Waals surface area contributed by atoms with E-state index in [2.05, 4.69) is 15.6 Å². The average Bonchev–Trinajstić information content (AvgIpc) is 2.23. The first kappa shape index (κ1) is 13.9. The second kappa shape index (κ2) is 6.57. The number of rotatable bonds is 5. The summed E-state index contributed by atoms with van der Waals surface area (Å²) in [6.45, 7) is 6.71. The highest BCUT2D eigenvalue weighted by Crippen LogP contribution is 2.16. The Morgan fingerprint density at radius 2 is 2.29 bits per heavy atom. The van der Waals surface area contributed by atoms with Crippen molar-refractivity contribution < 1.29 is 4.79 Å². The van der Waals surface area contributed by atoms with Crippen molar-refractivity contribution >= 4 is 23.2 Å². The van der Waals surface area contributed by atoms with E-state index in [1.54, 1.807) is 6.20 Å². The number of amides is 1. The van der Waals surface area contributed by atoms with Crippen molar-refractivity contribution in [1.82, 2.24) is 10.3 Å². The third-order valence-corrected chi connectivity index (χ3v) is 2.74. The number of pyridine rings is 1. The zero-order chi connectivity index (χ0) is 12.8. The Labute approximate surface area is 107 Å². The second-order valence-corrected chi connectivity index (χ2v) is 4.40. The number of halogens is 1. The highest BCUT2D eigenvalue weighted by atomic mass is 35.5. The number of aryl methyl sites for hydroxylation is 1. The van der Waals surface area contributed by atoms with Gasteiger partial charge in [0.2, 0.25) is 5.91 Å². The molecule has 0 saturated heterocycles. The summed E-state index contributed by atoms with van der Waals surface area (Å²) >= 11 is 5.81. The predicted molar refractivity (Wildman–Crippen MR) is 70.4 cm³/mol. The van der Waals surface area contributed by atoms with E-state index in [1.807, 2.05) is 26.8 Å². The second-order valence-electron chi connectivity index (χ2n) is 4.04. The van der Waals surface area contributed by atoms with Crippen molar-refractivity contribution in [3.8, 4) is 0 Å². The molecule has 5 heteroatoms. The van der Waals surface area contributed by atoms with Gasteiger partial charge in [-0.1, -0.05) is 18.5 Å². The number of hydrogen-bond donors (Lipinski definition) is 2. The molecule has 17 heavy (non-hydrogen) atoms. The van der Waals surface area contributed by atoms with Gasteiger partial charge in [-0.3, -0.25) is 4.79 Å². The topological polar surface area (TPSA) is 54.0 Å². The lowest BCUT2D eigenvalue weighted by atomic mass is 10.2. The SMILES string of the molecule is CCNC(C)CC(=O)Nc1cnc(Cl)c(C)c1. The Morgan fingerprint density at radius 3 is 2.88 bits per heavy atom.